The molecule has 0 aliphatic heterocycles. The Morgan fingerprint density at radius 2 is 1.85 bits per heavy atom. The van der Waals surface area contributed by atoms with E-state index in [1.54, 1.807) is 0 Å². The van der Waals surface area contributed by atoms with Gasteiger partial charge in [-0.3, -0.25) is 10.2 Å². The highest BCUT2D eigenvalue weighted by molar-refractivity contribution is 5.85. The number of hydrogen-bond donors (Lipinski definition) is 3. The summed E-state index contributed by atoms with van der Waals surface area (Å²) in [5.74, 6) is 1.11. The Morgan fingerprint density at radius 3 is 2.35 bits per heavy atom. The third-order valence-electron chi connectivity index (χ3n) is 4.77. The molecule has 4 atom stereocenters. The number of hydrogen-bond acceptors (Lipinski definition) is 3. The van der Waals surface area contributed by atoms with E-state index in [9.17, 15) is 15.0 Å². The maximum Gasteiger partial charge on any atom is 0.242 e. The second kappa shape index (κ2) is 3.69. The molecule has 5 heteroatoms. The molecule has 4 unspecified atom stereocenters. The van der Waals surface area contributed by atoms with Crippen LogP contribution in [0.4, 0.5) is 0 Å². The number of allylic oxidation sites excluding steroid dienone is 2. The minimum absolute atomic E-state index is 0.0420. The molecule has 0 saturated heterocycles. The number of carbonyl (C=O) groups excluding carboxylic acids is 1. The van der Waals surface area contributed by atoms with Crippen LogP contribution in [0.3, 0.4) is 0 Å². The lowest BCUT2D eigenvalue weighted by Gasteiger charge is -2.29. The first-order valence-corrected chi connectivity index (χ1v) is 6.89. The number of aromatic hydroxyl groups is 2. The molecule has 5 nitrogen and oxygen atoms in total. The quantitative estimate of drug-likeness (QED) is 0.736. The lowest BCUT2D eigenvalue weighted by Crippen LogP contribution is -2.21. The molecule has 1 aromatic rings. The molecule has 1 fully saturated rings. The first-order valence-electron chi connectivity index (χ1n) is 6.89. The molecule has 0 aromatic carbocycles. The highest BCUT2D eigenvalue weighted by atomic mass is 16.3. The van der Waals surface area contributed by atoms with Crippen molar-refractivity contribution in [2.24, 2.45) is 11.8 Å². The van der Waals surface area contributed by atoms with Crippen molar-refractivity contribution >= 4 is 5.91 Å². The van der Waals surface area contributed by atoms with E-state index < -0.39 is 0 Å². The largest absolute Gasteiger partial charge is 0.493 e. The fourth-order valence-electron chi connectivity index (χ4n) is 3.85. The van der Waals surface area contributed by atoms with Crippen molar-refractivity contribution in [3.05, 3.63) is 35.9 Å². The third kappa shape index (κ3) is 1.30. The van der Waals surface area contributed by atoms with Crippen LogP contribution in [0.5, 0.6) is 11.8 Å². The fourth-order valence-corrected chi connectivity index (χ4v) is 3.85. The van der Waals surface area contributed by atoms with Gasteiger partial charge in [0, 0.05) is 29.4 Å². The fraction of sp³-hybridized carbons (Fsp3) is 0.400. The normalized spacial score (nSPS) is 31.6. The van der Waals surface area contributed by atoms with Crippen molar-refractivity contribution in [3.8, 4) is 11.8 Å². The van der Waals surface area contributed by atoms with Crippen LogP contribution in [-0.4, -0.2) is 20.8 Å². The number of aromatic nitrogens is 1. The van der Waals surface area contributed by atoms with Crippen LogP contribution in [-0.2, 0) is 4.79 Å². The Morgan fingerprint density at radius 1 is 1.30 bits per heavy atom. The molecule has 5 rings (SSSR count). The molecule has 1 aromatic heterocycles. The summed E-state index contributed by atoms with van der Waals surface area (Å²) in [4.78, 5) is 11.6. The molecule has 20 heavy (non-hydrogen) atoms. The topological polar surface area (TPSA) is 74.5 Å². The van der Waals surface area contributed by atoms with Gasteiger partial charge in [-0.25, -0.2) is 0 Å². The van der Waals surface area contributed by atoms with Gasteiger partial charge in [0.15, 0.2) is 0 Å². The van der Waals surface area contributed by atoms with Crippen molar-refractivity contribution in [1.29, 1.82) is 0 Å². The molecule has 104 valence electrons. The minimum Gasteiger partial charge on any atom is -0.493 e. The van der Waals surface area contributed by atoms with Gasteiger partial charge in [0.1, 0.15) is 0 Å². The summed E-state index contributed by atoms with van der Waals surface area (Å²) in [5.41, 5.74) is 4.08. The molecule has 4 aliphatic carbocycles. The Labute approximate surface area is 116 Å². The molecule has 2 bridgehead atoms. The summed E-state index contributed by atoms with van der Waals surface area (Å²) < 4.78 is 1.11. The smallest absolute Gasteiger partial charge is 0.242 e. The molecule has 1 amide bonds. The molecule has 3 N–H and O–H groups in total. The van der Waals surface area contributed by atoms with Gasteiger partial charge >= 0.3 is 0 Å². The summed E-state index contributed by atoms with van der Waals surface area (Å²) in [7, 11) is 0. The molecule has 0 spiro atoms. The van der Waals surface area contributed by atoms with Crippen molar-refractivity contribution in [2.45, 2.75) is 24.7 Å². The van der Waals surface area contributed by atoms with Crippen molar-refractivity contribution in [1.82, 2.24) is 4.68 Å². The van der Waals surface area contributed by atoms with Crippen LogP contribution in [0, 0.1) is 11.8 Å². The van der Waals surface area contributed by atoms with Crippen molar-refractivity contribution in [2.75, 3.05) is 5.43 Å². The summed E-state index contributed by atoms with van der Waals surface area (Å²) >= 11 is 0. The first-order chi connectivity index (χ1) is 9.63. The Kier molecular flexibility index (Phi) is 2.14. The van der Waals surface area contributed by atoms with Crippen molar-refractivity contribution < 1.29 is 15.0 Å². The number of carbonyl (C=O) groups is 1. The summed E-state index contributed by atoms with van der Waals surface area (Å²) in [6.45, 7) is 3.50. The summed E-state index contributed by atoms with van der Waals surface area (Å²) in [6, 6.07) is 0. The van der Waals surface area contributed by atoms with E-state index in [0.717, 1.165) is 22.2 Å². The van der Waals surface area contributed by atoms with Gasteiger partial charge in [-0.05, 0) is 18.3 Å². The van der Waals surface area contributed by atoms with Gasteiger partial charge in [-0.15, -0.1) is 6.58 Å². The average Bonchev–Trinajstić information content (AvgIpc) is 3.21. The number of rotatable bonds is 3. The van der Waals surface area contributed by atoms with E-state index in [1.807, 2.05) is 0 Å². The van der Waals surface area contributed by atoms with Gasteiger partial charge in [0.2, 0.25) is 17.7 Å². The number of nitrogens with zero attached hydrogens (tertiary/aromatic N) is 1. The second-order valence-corrected chi connectivity index (χ2v) is 5.84. The van der Waals surface area contributed by atoms with E-state index >= 15 is 0 Å². The van der Waals surface area contributed by atoms with E-state index in [0.29, 0.717) is 11.8 Å². The van der Waals surface area contributed by atoms with Crippen LogP contribution in [0.25, 0.3) is 0 Å². The Balaban J connectivity index is 1.78. The van der Waals surface area contributed by atoms with Crippen LogP contribution in [0.2, 0.25) is 0 Å². The predicted octanol–water partition coefficient (Wildman–Crippen LogP) is 1.93. The zero-order chi connectivity index (χ0) is 14.0. The van der Waals surface area contributed by atoms with Crippen molar-refractivity contribution in [3.63, 3.8) is 0 Å². The van der Waals surface area contributed by atoms with Crippen LogP contribution in [0.15, 0.2) is 24.8 Å². The van der Waals surface area contributed by atoms with Gasteiger partial charge in [0.05, 0.1) is 0 Å². The highest BCUT2D eigenvalue weighted by Crippen LogP contribution is 2.67. The lowest BCUT2D eigenvalue weighted by atomic mass is 9.73. The Bertz CT molecular complexity index is 617. The second-order valence-electron chi connectivity index (χ2n) is 5.84. The van der Waals surface area contributed by atoms with Gasteiger partial charge < -0.3 is 10.2 Å². The first kappa shape index (κ1) is 11.6. The zero-order valence-electron chi connectivity index (χ0n) is 10.9. The molecule has 1 heterocycles. The number of amides is 1. The molecule has 0 radical (unpaired) electrons. The molecular weight excluding hydrogens is 256 g/mol. The van der Waals surface area contributed by atoms with E-state index in [1.165, 1.54) is 6.08 Å². The van der Waals surface area contributed by atoms with Gasteiger partial charge in [0.25, 0.3) is 0 Å². The average molecular weight is 272 g/mol. The summed E-state index contributed by atoms with van der Waals surface area (Å²) in [5, 5.41) is 20.7. The molecule has 1 saturated carbocycles. The highest BCUT2D eigenvalue weighted by Gasteiger charge is 2.57. The van der Waals surface area contributed by atoms with Crippen LogP contribution in [0.1, 0.15) is 35.8 Å². The van der Waals surface area contributed by atoms with Crippen LogP contribution < -0.4 is 5.43 Å². The zero-order valence-corrected chi connectivity index (χ0v) is 10.9. The van der Waals surface area contributed by atoms with Gasteiger partial charge in [-0.1, -0.05) is 18.2 Å². The SMILES string of the molecule is C=CCC(=O)Nn1c(O)c2c(c1O)C1C=CC2C2CC12. The monoisotopic (exact) mass is 272 g/mol. The van der Waals surface area contributed by atoms with E-state index in [4.69, 9.17) is 0 Å². The number of nitrogens with one attached hydrogen (secondary N) is 1. The molecular formula is C15H16N2O3. The van der Waals surface area contributed by atoms with Crippen LogP contribution >= 0.6 is 0 Å². The molecule has 4 aliphatic rings. The maximum absolute atomic E-state index is 11.6. The standard InChI is InChI=1S/C15H16N2O3/c1-2-3-11(18)16-17-14(19)12-7-4-5-8(10-6-9(7)10)13(12)15(17)20/h2,4-5,7-10,19-20H,1,3,6H2,(H,16,18). The Hall–Kier alpha value is -2.17. The minimum atomic E-state index is -0.316. The van der Waals surface area contributed by atoms with E-state index in [2.05, 4.69) is 24.2 Å². The van der Waals surface area contributed by atoms with E-state index in [-0.39, 0.29) is 35.9 Å². The van der Waals surface area contributed by atoms with Gasteiger partial charge in [-0.2, -0.15) is 4.68 Å². The third-order valence-corrected chi connectivity index (χ3v) is 4.77. The predicted molar refractivity (Wildman–Crippen MR) is 73.2 cm³/mol. The maximum atomic E-state index is 11.6. The lowest BCUT2D eigenvalue weighted by molar-refractivity contribution is -0.116. The summed E-state index contributed by atoms with van der Waals surface area (Å²) in [6.07, 6.45) is 7.01.